The first-order valence-corrected chi connectivity index (χ1v) is 8.26. The van der Waals surface area contributed by atoms with E-state index in [9.17, 15) is 4.79 Å². The molecule has 0 aliphatic rings. The lowest BCUT2D eigenvalue weighted by Gasteiger charge is -2.20. The normalized spacial score (nSPS) is 12.6. The van der Waals surface area contributed by atoms with Gasteiger partial charge in [0.2, 0.25) is 5.91 Å². The molecule has 0 aliphatic carbocycles. The van der Waals surface area contributed by atoms with Crippen LogP contribution >= 0.6 is 24.0 Å². The van der Waals surface area contributed by atoms with Gasteiger partial charge < -0.3 is 20.3 Å². The lowest BCUT2D eigenvalue weighted by molar-refractivity contribution is -0.128. The van der Waals surface area contributed by atoms with E-state index in [0.717, 1.165) is 25.5 Å². The van der Waals surface area contributed by atoms with Gasteiger partial charge in [-0.25, -0.2) is 0 Å². The van der Waals surface area contributed by atoms with Gasteiger partial charge in [-0.2, -0.15) is 0 Å². The van der Waals surface area contributed by atoms with E-state index in [0.29, 0.717) is 25.4 Å². The summed E-state index contributed by atoms with van der Waals surface area (Å²) < 4.78 is 5.72. The zero-order valence-corrected chi connectivity index (χ0v) is 17.8. The number of nitrogens with zero attached hydrogens (tertiary/aromatic N) is 2. The molecular formula is C16H35IN4O2. The molecule has 0 radical (unpaired) electrons. The van der Waals surface area contributed by atoms with Crippen LogP contribution in [0.25, 0.3) is 0 Å². The van der Waals surface area contributed by atoms with Crippen LogP contribution in [-0.2, 0) is 9.53 Å². The highest BCUT2D eigenvalue weighted by atomic mass is 127. The highest BCUT2D eigenvalue weighted by molar-refractivity contribution is 14.0. The molecule has 6 nitrogen and oxygen atoms in total. The summed E-state index contributed by atoms with van der Waals surface area (Å²) in [6, 6.07) is 0. The smallest absolute Gasteiger partial charge is 0.223 e. The lowest BCUT2D eigenvalue weighted by Crippen LogP contribution is -2.39. The quantitative estimate of drug-likeness (QED) is 0.309. The molecule has 0 aromatic carbocycles. The van der Waals surface area contributed by atoms with E-state index < -0.39 is 0 Å². The second kappa shape index (κ2) is 15.0. The Morgan fingerprint density at radius 3 is 2.35 bits per heavy atom. The molecule has 0 aliphatic heterocycles. The van der Waals surface area contributed by atoms with Crippen LogP contribution in [0.15, 0.2) is 4.99 Å². The Kier molecular flexibility index (Phi) is 16.1. The molecule has 1 amide bonds. The van der Waals surface area contributed by atoms with Gasteiger partial charge in [0, 0.05) is 46.8 Å². The number of hydrogen-bond acceptors (Lipinski definition) is 3. The molecule has 0 saturated heterocycles. The van der Waals surface area contributed by atoms with Crippen molar-refractivity contribution in [2.45, 2.75) is 46.6 Å². The summed E-state index contributed by atoms with van der Waals surface area (Å²) >= 11 is 0. The molecular weight excluding hydrogens is 407 g/mol. The standard InChI is InChI=1S/C16H34N4O2.HI/c1-7-17-16(19-12-10-15(21)20(5)6)18-11-9-14(13(3)4)22-8-2;/h13-14H,7-12H2,1-6H3,(H2,17,18,19);1H. The van der Waals surface area contributed by atoms with Crippen LogP contribution in [0.2, 0.25) is 0 Å². The van der Waals surface area contributed by atoms with Crippen molar-refractivity contribution < 1.29 is 9.53 Å². The van der Waals surface area contributed by atoms with Gasteiger partial charge in [-0.1, -0.05) is 13.8 Å². The van der Waals surface area contributed by atoms with Gasteiger partial charge >= 0.3 is 0 Å². The van der Waals surface area contributed by atoms with Gasteiger partial charge in [-0.05, 0) is 26.2 Å². The maximum absolute atomic E-state index is 11.5. The van der Waals surface area contributed by atoms with Crippen LogP contribution in [0.4, 0.5) is 0 Å². The third kappa shape index (κ3) is 12.5. The first-order chi connectivity index (χ1) is 10.4. The number of nitrogens with one attached hydrogen (secondary N) is 2. The number of hydrogen-bond donors (Lipinski definition) is 2. The van der Waals surface area contributed by atoms with E-state index in [1.54, 1.807) is 19.0 Å². The zero-order valence-electron chi connectivity index (χ0n) is 15.5. The topological polar surface area (TPSA) is 66.0 Å². The predicted molar refractivity (Wildman–Crippen MR) is 108 cm³/mol. The molecule has 0 rings (SSSR count). The average molecular weight is 442 g/mol. The molecule has 0 spiro atoms. The van der Waals surface area contributed by atoms with Crippen molar-refractivity contribution in [2.75, 3.05) is 40.3 Å². The second-order valence-electron chi connectivity index (χ2n) is 5.75. The van der Waals surface area contributed by atoms with Gasteiger partial charge in [0.1, 0.15) is 0 Å². The summed E-state index contributed by atoms with van der Waals surface area (Å²) in [5.41, 5.74) is 0. The molecule has 0 aromatic heterocycles. The third-order valence-electron chi connectivity index (χ3n) is 3.28. The van der Waals surface area contributed by atoms with E-state index in [-0.39, 0.29) is 36.0 Å². The fourth-order valence-electron chi connectivity index (χ4n) is 1.98. The van der Waals surface area contributed by atoms with Gasteiger partial charge in [0.15, 0.2) is 5.96 Å². The van der Waals surface area contributed by atoms with Gasteiger partial charge in [0.25, 0.3) is 0 Å². The van der Waals surface area contributed by atoms with Crippen molar-refractivity contribution in [3.05, 3.63) is 0 Å². The molecule has 2 N–H and O–H groups in total. The summed E-state index contributed by atoms with van der Waals surface area (Å²) in [6.07, 6.45) is 1.61. The third-order valence-corrected chi connectivity index (χ3v) is 3.28. The Morgan fingerprint density at radius 1 is 1.22 bits per heavy atom. The molecule has 0 saturated carbocycles. The van der Waals surface area contributed by atoms with Gasteiger partial charge in [-0.3, -0.25) is 9.79 Å². The largest absolute Gasteiger partial charge is 0.378 e. The minimum absolute atomic E-state index is 0. The van der Waals surface area contributed by atoms with Gasteiger partial charge in [-0.15, -0.1) is 24.0 Å². The highest BCUT2D eigenvalue weighted by Crippen LogP contribution is 2.10. The highest BCUT2D eigenvalue weighted by Gasteiger charge is 2.12. The molecule has 1 atom stereocenters. The van der Waals surface area contributed by atoms with Crippen LogP contribution in [0.3, 0.4) is 0 Å². The van der Waals surface area contributed by atoms with Crippen molar-refractivity contribution in [2.24, 2.45) is 10.9 Å². The monoisotopic (exact) mass is 442 g/mol. The molecule has 7 heteroatoms. The SMILES string of the molecule is CCNC(=NCCC(OCC)C(C)C)NCCC(=O)N(C)C.I. The predicted octanol–water partition coefficient (Wildman–Crippen LogP) is 2.09. The summed E-state index contributed by atoms with van der Waals surface area (Å²) in [5, 5.41) is 6.39. The minimum atomic E-state index is 0. The Bertz CT molecular complexity index is 336. The van der Waals surface area contributed by atoms with Crippen LogP contribution in [0, 0.1) is 5.92 Å². The minimum Gasteiger partial charge on any atom is -0.378 e. The molecule has 1 unspecified atom stereocenters. The number of guanidine groups is 1. The lowest BCUT2D eigenvalue weighted by atomic mass is 10.0. The number of aliphatic imine (C=N–C) groups is 1. The van der Waals surface area contributed by atoms with Crippen LogP contribution < -0.4 is 10.6 Å². The number of ether oxygens (including phenoxy) is 1. The van der Waals surface area contributed by atoms with Crippen molar-refractivity contribution in [1.82, 2.24) is 15.5 Å². The van der Waals surface area contributed by atoms with Crippen molar-refractivity contribution in [3.8, 4) is 0 Å². The Labute approximate surface area is 158 Å². The van der Waals surface area contributed by atoms with Crippen LogP contribution in [0.5, 0.6) is 0 Å². The Morgan fingerprint density at radius 2 is 1.87 bits per heavy atom. The van der Waals surface area contributed by atoms with Crippen LogP contribution in [0.1, 0.15) is 40.5 Å². The van der Waals surface area contributed by atoms with Crippen molar-refractivity contribution >= 4 is 35.8 Å². The maximum Gasteiger partial charge on any atom is 0.223 e. The maximum atomic E-state index is 11.5. The fourth-order valence-corrected chi connectivity index (χ4v) is 1.98. The average Bonchev–Trinajstić information content (AvgIpc) is 2.45. The van der Waals surface area contributed by atoms with E-state index >= 15 is 0 Å². The number of amides is 1. The first kappa shape index (κ1) is 24.7. The summed E-state index contributed by atoms with van der Waals surface area (Å²) in [5.74, 6) is 1.36. The number of carbonyl (C=O) groups is 1. The molecule has 23 heavy (non-hydrogen) atoms. The van der Waals surface area contributed by atoms with E-state index in [1.807, 2.05) is 13.8 Å². The van der Waals surface area contributed by atoms with Gasteiger partial charge in [0.05, 0.1) is 6.10 Å². The summed E-state index contributed by atoms with van der Waals surface area (Å²) in [6.45, 7) is 11.2. The van der Waals surface area contributed by atoms with Crippen molar-refractivity contribution in [3.63, 3.8) is 0 Å². The molecule has 138 valence electrons. The number of carbonyl (C=O) groups excluding carboxylic acids is 1. The molecule has 0 fully saturated rings. The molecule has 0 bridgehead atoms. The first-order valence-electron chi connectivity index (χ1n) is 8.26. The summed E-state index contributed by atoms with van der Waals surface area (Å²) in [4.78, 5) is 17.7. The number of halogens is 1. The fraction of sp³-hybridized carbons (Fsp3) is 0.875. The Hall–Kier alpha value is -0.570. The van der Waals surface area contributed by atoms with Crippen molar-refractivity contribution in [1.29, 1.82) is 0 Å². The second-order valence-corrected chi connectivity index (χ2v) is 5.75. The Balaban J connectivity index is 0. The van der Waals surface area contributed by atoms with E-state index in [4.69, 9.17) is 4.74 Å². The summed E-state index contributed by atoms with van der Waals surface area (Å²) in [7, 11) is 3.53. The van der Waals surface area contributed by atoms with E-state index in [1.165, 1.54) is 0 Å². The molecule has 0 heterocycles. The number of rotatable bonds is 10. The zero-order chi connectivity index (χ0) is 17.0. The van der Waals surface area contributed by atoms with Crippen LogP contribution in [-0.4, -0.2) is 63.2 Å². The van der Waals surface area contributed by atoms with E-state index in [2.05, 4.69) is 29.5 Å². The molecule has 0 aromatic rings.